The summed E-state index contributed by atoms with van der Waals surface area (Å²) in [5.41, 5.74) is 1.25. The number of rotatable bonds is 4. The van der Waals surface area contributed by atoms with Gasteiger partial charge < -0.3 is 25.0 Å². The van der Waals surface area contributed by atoms with Gasteiger partial charge in [0, 0.05) is 38.1 Å². The molecule has 0 aliphatic carbocycles. The van der Waals surface area contributed by atoms with Gasteiger partial charge >= 0.3 is 6.09 Å². The summed E-state index contributed by atoms with van der Waals surface area (Å²) in [6.07, 6.45) is 2.52. The molecule has 1 aromatic rings. The summed E-state index contributed by atoms with van der Waals surface area (Å²) in [4.78, 5) is 18.2. The largest absolute Gasteiger partial charge is 0.493 e. The minimum absolute atomic E-state index is 0. The molecular weight excluding hydrogens is 471 g/mol. The zero-order valence-corrected chi connectivity index (χ0v) is 19.0. The van der Waals surface area contributed by atoms with Crippen LogP contribution < -0.4 is 15.4 Å². The third-order valence-electron chi connectivity index (χ3n) is 5.17. The highest BCUT2D eigenvalue weighted by Gasteiger charge is 2.24. The van der Waals surface area contributed by atoms with Gasteiger partial charge in [0.25, 0.3) is 0 Å². The Morgan fingerprint density at radius 3 is 2.75 bits per heavy atom. The zero-order valence-electron chi connectivity index (χ0n) is 16.6. The van der Waals surface area contributed by atoms with Crippen LogP contribution in [0.25, 0.3) is 0 Å². The highest BCUT2D eigenvalue weighted by Crippen LogP contribution is 2.33. The Labute approximate surface area is 184 Å². The number of likely N-dealkylation sites (tertiary alicyclic amines) is 1. The average molecular weight is 502 g/mol. The Hall–Kier alpha value is -1.71. The molecular formula is C20H31IN4O3. The van der Waals surface area contributed by atoms with Crippen molar-refractivity contribution in [3.05, 3.63) is 29.8 Å². The molecule has 0 aromatic heterocycles. The standard InChI is InChI=1S/C20H30N4O3.HI/c1-3-21-19(23-16-8-11-24(12-9-16)20(25)26-2)22-14-15-10-13-27-18-7-5-4-6-17(15)18;/h4-7,15-16H,3,8-14H2,1-2H3,(H2,21,22,23);1H. The Bertz CT molecular complexity index is 663. The maximum absolute atomic E-state index is 11.6. The van der Waals surface area contributed by atoms with Gasteiger partial charge in [-0.3, -0.25) is 4.99 Å². The van der Waals surface area contributed by atoms with E-state index in [0.717, 1.165) is 50.7 Å². The summed E-state index contributed by atoms with van der Waals surface area (Å²) in [7, 11) is 1.43. The van der Waals surface area contributed by atoms with Crippen LogP contribution in [-0.2, 0) is 4.74 Å². The molecule has 1 aromatic carbocycles. The minimum Gasteiger partial charge on any atom is -0.493 e. The van der Waals surface area contributed by atoms with E-state index in [1.807, 2.05) is 12.1 Å². The Balaban J connectivity index is 0.00000280. The van der Waals surface area contributed by atoms with Crippen molar-refractivity contribution in [1.29, 1.82) is 0 Å². The lowest BCUT2D eigenvalue weighted by atomic mass is 9.93. The van der Waals surface area contributed by atoms with Gasteiger partial charge in [0.1, 0.15) is 5.75 Å². The molecule has 0 bridgehead atoms. The molecule has 8 heteroatoms. The Morgan fingerprint density at radius 1 is 1.29 bits per heavy atom. The van der Waals surface area contributed by atoms with Crippen LogP contribution in [-0.4, -0.2) is 62.9 Å². The summed E-state index contributed by atoms with van der Waals surface area (Å²) in [6, 6.07) is 8.55. The summed E-state index contributed by atoms with van der Waals surface area (Å²) in [5, 5.41) is 6.87. The van der Waals surface area contributed by atoms with Gasteiger partial charge in [-0.15, -0.1) is 24.0 Å². The maximum Gasteiger partial charge on any atom is 0.409 e. The summed E-state index contributed by atoms with van der Waals surface area (Å²) >= 11 is 0. The van der Waals surface area contributed by atoms with Crippen molar-refractivity contribution in [2.75, 3.05) is 39.9 Å². The van der Waals surface area contributed by atoms with Crippen molar-refractivity contribution in [3.63, 3.8) is 0 Å². The monoisotopic (exact) mass is 502 g/mol. The first-order valence-corrected chi connectivity index (χ1v) is 9.80. The lowest BCUT2D eigenvalue weighted by Gasteiger charge is -2.32. The van der Waals surface area contributed by atoms with Crippen LogP contribution in [0.15, 0.2) is 29.3 Å². The number of methoxy groups -OCH3 is 1. The first-order valence-electron chi connectivity index (χ1n) is 9.80. The molecule has 0 radical (unpaired) electrons. The lowest BCUT2D eigenvalue weighted by Crippen LogP contribution is -2.49. The SMILES string of the molecule is CCNC(=NCC1CCOc2ccccc21)NC1CCN(C(=O)OC)CC1.I. The molecule has 1 amide bonds. The second-order valence-corrected chi connectivity index (χ2v) is 6.97. The topological polar surface area (TPSA) is 75.2 Å². The van der Waals surface area contributed by atoms with E-state index >= 15 is 0 Å². The molecule has 0 saturated carbocycles. The number of fused-ring (bicyclic) bond motifs is 1. The number of halogens is 1. The van der Waals surface area contributed by atoms with Crippen molar-refractivity contribution < 1.29 is 14.3 Å². The molecule has 156 valence electrons. The van der Waals surface area contributed by atoms with Crippen molar-refractivity contribution in [2.24, 2.45) is 4.99 Å². The number of para-hydroxylation sites is 1. The number of benzene rings is 1. The molecule has 2 aliphatic rings. The van der Waals surface area contributed by atoms with Gasteiger partial charge in [0.05, 0.1) is 13.7 Å². The van der Waals surface area contributed by atoms with E-state index in [-0.39, 0.29) is 30.1 Å². The first-order chi connectivity index (χ1) is 13.2. The van der Waals surface area contributed by atoms with E-state index in [0.29, 0.717) is 25.0 Å². The number of aliphatic imine (C=N–C) groups is 1. The molecule has 1 atom stereocenters. The second kappa shape index (κ2) is 11.3. The quantitative estimate of drug-likeness (QED) is 0.376. The van der Waals surface area contributed by atoms with E-state index in [1.165, 1.54) is 12.7 Å². The molecule has 2 N–H and O–H groups in total. The molecule has 1 saturated heterocycles. The molecule has 1 unspecified atom stereocenters. The summed E-state index contributed by atoms with van der Waals surface area (Å²) in [5.74, 6) is 2.21. The van der Waals surface area contributed by atoms with Crippen LogP contribution in [0.5, 0.6) is 5.75 Å². The third-order valence-corrected chi connectivity index (χ3v) is 5.17. The Kier molecular flexibility index (Phi) is 9.14. The number of amides is 1. The van der Waals surface area contributed by atoms with Crippen molar-refractivity contribution in [2.45, 2.75) is 38.1 Å². The number of hydrogen-bond donors (Lipinski definition) is 2. The molecule has 3 rings (SSSR count). The highest BCUT2D eigenvalue weighted by molar-refractivity contribution is 14.0. The number of carbonyl (C=O) groups is 1. The number of guanidine groups is 1. The third kappa shape index (κ3) is 5.89. The number of nitrogens with one attached hydrogen (secondary N) is 2. The van der Waals surface area contributed by atoms with Crippen molar-refractivity contribution in [1.82, 2.24) is 15.5 Å². The van der Waals surface area contributed by atoms with Crippen molar-refractivity contribution >= 4 is 36.0 Å². The average Bonchev–Trinajstić information content (AvgIpc) is 2.72. The number of carbonyl (C=O) groups excluding carboxylic acids is 1. The fourth-order valence-electron chi connectivity index (χ4n) is 3.66. The van der Waals surface area contributed by atoms with Crippen molar-refractivity contribution in [3.8, 4) is 5.75 Å². The lowest BCUT2D eigenvalue weighted by molar-refractivity contribution is 0.111. The highest BCUT2D eigenvalue weighted by atomic mass is 127. The summed E-state index contributed by atoms with van der Waals surface area (Å²) < 4.78 is 10.5. The molecule has 7 nitrogen and oxygen atoms in total. The molecule has 28 heavy (non-hydrogen) atoms. The van der Waals surface area contributed by atoms with Crippen LogP contribution in [0.2, 0.25) is 0 Å². The molecule has 2 heterocycles. The van der Waals surface area contributed by atoms with Gasteiger partial charge in [-0.1, -0.05) is 18.2 Å². The minimum atomic E-state index is -0.243. The van der Waals surface area contributed by atoms with Crippen LogP contribution >= 0.6 is 24.0 Å². The van der Waals surface area contributed by atoms with E-state index in [9.17, 15) is 4.79 Å². The fraction of sp³-hybridized carbons (Fsp3) is 0.600. The molecule has 0 spiro atoms. The first kappa shape index (κ1) is 22.6. The van der Waals surface area contributed by atoms with Crippen LogP contribution in [0.3, 0.4) is 0 Å². The van der Waals surface area contributed by atoms with Gasteiger partial charge in [-0.2, -0.15) is 0 Å². The molecule has 2 aliphatic heterocycles. The van der Waals surface area contributed by atoms with Crippen LogP contribution in [0.4, 0.5) is 4.79 Å². The smallest absolute Gasteiger partial charge is 0.409 e. The zero-order chi connectivity index (χ0) is 19.1. The van der Waals surface area contributed by atoms with E-state index < -0.39 is 0 Å². The predicted molar refractivity (Wildman–Crippen MR) is 121 cm³/mol. The van der Waals surface area contributed by atoms with E-state index in [1.54, 1.807) is 4.90 Å². The van der Waals surface area contributed by atoms with Gasteiger partial charge in [-0.25, -0.2) is 4.79 Å². The normalized spacial score (nSPS) is 19.7. The van der Waals surface area contributed by atoms with E-state index in [2.05, 4.69) is 29.7 Å². The van der Waals surface area contributed by atoms with Gasteiger partial charge in [0.15, 0.2) is 5.96 Å². The second-order valence-electron chi connectivity index (χ2n) is 6.97. The van der Waals surface area contributed by atoms with Crippen LogP contribution in [0.1, 0.15) is 37.7 Å². The fourth-order valence-corrected chi connectivity index (χ4v) is 3.66. The summed E-state index contributed by atoms with van der Waals surface area (Å²) in [6.45, 7) is 5.77. The Morgan fingerprint density at radius 2 is 2.04 bits per heavy atom. The van der Waals surface area contributed by atoms with E-state index in [4.69, 9.17) is 14.5 Å². The number of piperidine rings is 1. The van der Waals surface area contributed by atoms with Crippen LogP contribution in [0, 0.1) is 0 Å². The predicted octanol–water partition coefficient (Wildman–Crippen LogP) is 2.96. The number of hydrogen-bond acceptors (Lipinski definition) is 4. The number of nitrogens with zero attached hydrogens (tertiary/aromatic N) is 2. The maximum atomic E-state index is 11.6. The van der Waals surface area contributed by atoms with Gasteiger partial charge in [-0.05, 0) is 37.8 Å². The van der Waals surface area contributed by atoms with Gasteiger partial charge in [0.2, 0.25) is 0 Å². The number of ether oxygens (including phenoxy) is 2. The molecule has 1 fully saturated rings.